The van der Waals surface area contributed by atoms with Gasteiger partial charge in [-0.05, 0) is 25.2 Å². The third kappa shape index (κ3) is 1.27. The van der Waals surface area contributed by atoms with E-state index in [1.165, 1.54) is 32.1 Å². The molecule has 2 fully saturated rings. The predicted octanol–water partition coefficient (Wildman–Crippen LogP) is 2.09. The molecule has 0 aromatic carbocycles. The van der Waals surface area contributed by atoms with Crippen LogP contribution in [-0.2, 0) is 4.79 Å². The summed E-state index contributed by atoms with van der Waals surface area (Å²) < 4.78 is 0. The zero-order chi connectivity index (χ0) is 9.31. The predicted molar refractivity (Wildman–Crippen MR) is 52.3 cm³/mol. The standard InChI is InChI=1S/C11H19NO/c1-2-11(8-12-10(11)13)9-6-4-3-5-7-9/h9H,2-8H2,1H3,(H,12,13). The van der Waals surface area contributed by atoms with Crippen LogP contribution in [0, 0.1) is 11.3 Å². The molecule has 1 unspecified atom stereocenters. The second kappa shape index (κ2) is 3.32. The summed E-state index contributed by atoms with van der Waals surface area (Å²) in [5, 5.41) is 2.91. The van der Waals surface area contributed by atoms with Crippen LogP contribution in [0.2, 0.25) is 0 Å². The van der Waals surface area contributed by atoms with E-state index in [-0.39, 0.29) is 5.41 Å². The second-order valence-corrected chi connectivity index (χ2v) is 4.53. The normalized spacial score (nSPS) is 35.3. The van der Waals surface area contributed by atoms with Crippen molar-refractivity contribution >= 4 is 5.91 Å². The Morgan fingerprint density at radius 2 is 2.08 bits per heavy atom. The fourth-order valence-corrected chi connectivity index (χ4v) is 2.95. The van der Waals surface area contributed by atoms with Crippen LogP contribution in [0.4, 0.5) is 0 Å². The van der Waals surface area contributed by atoms with Gasteiger partial charge < -0.3 is 5.32 Å². The van der Waals surface area contributed by atoms with E-state index < -0.39 is 0 Å². The first-order valence-electron chi connectivity index (χ1n) is 5.58. The van der Waals surface area contributed by atoms with Crippen molar-refractivity contribution in [1.82, 2.24) is 5.32 Å². The number of rotatable bonds is 2. The molecule has 1 N–H and O–H groups in total. The first-order chi connectivity index (χ1) is 6.29. The number of β-lactam (4-membered cyclic amide) rings is 1. The second-order valence-electron chi connectivity index (χ2n) is 4.53. The molecule has 2 rings (SSSR count). The Kier molecular flexibility index (Phi) is 2.31. The summed E-state index contributed by atoms with van der Waals surface area (Å²) in [5.74, 6) is 1.00. The SMILES string of the molecule is CCC1(C2CCCCC2)CNC1=O. The van der Waals surface area contributed by atoms with Gasteiger partial charge in [-0.25, -0.2) is 0 Å². The Labute approximate surface area is 80.1 Å². The zero-order valence-corrected chi connectivity index (χ0v) is 8.44. The number of nitrogens with one attached hydrogen (secondary N) is 1. The van der Waals surface area contributed by atoms with E-state index in [2.05, 4.69) is 12.2 Å². The van der Waals surface area contributed by atoms with E-state index in [0.717, 1.165) is 13.0 Å². The summed E-state index contributed by atoms with van der Waals surface area (Å²) in [4.78, 5) is 11.6. The van der Waals surface area contributed by atoms with E-state index >= 15 is 0 Å². The van der Waals surface area contributed by atoms with E-state index in [9.17, 15) is 4.79 Å². The molecule has 0 bridgehead atoms. The maximum absolute atomic E-state index is 11.6. The fraction of sp³-hybridized carbons (Fsp3) is 0.909. The Bertz CT molecular complexity index is 204. The highest BCUT2D eigenvalue weighted by atomic mass is 16.2. The summed E-state index contributed by atoms with van der Waals surface area (Å²) in [6.45, 7) is 3.10. The maximum Gasteiger partial charge on any atom is 0.228 e. The lowest BCUT2D eigenvalue weighted by Gasteiger charge is -2.47. The highest BCUT2D eigenvalue weighted by Gasteiger charge is 2.50. The molecule has 0 radical (unpaired) electrons. The molecule has 1 heterocycles. The molecule has 2 nitrogen and oxygen atoms in total. The molecule has 1 saturated heterocycles. The van der Waals surface area contributed by atoms with Crippen molar-refractivity contribution in [3.8, 4) is 0 Å². The Morgan fingerprint density at radius 1 is 1.38 bits per heavy atom. The molecule has 13 heavy (non-hydrogen) atoms. The number of carbonyl (C=O) groups is 1. The zero-order valence-electron chi connectivity index (χ0n) is 8.44. The van der Waals surface area contributed by atoms with Gasteiger partial charge in [-0.2, -0.15) is 0 Å². The summed E-state index contributed by atoms with van der Waals surface area (Å²) in [6.07, 6.45) is 7.63. The van der Waals surface area contributed by atoms with Gasteiger partial charge in [-0.3, -0.25) is 4.79 Å². The number of hydrogen-bond donors (Lipinski definition) is 1. The van der Waals surface area contributed by atoms with Crippen molar-refractivity contribution in [2.45, 2.75) is 45.4 Å². The van der Waals surface area contributed by atoms with Gasteiger partial charge in [0.15, 0.2) is 0 Å². The van der Waals surface area contributed by atoms with Crippen LogP contribution in [0.1, 0.15) is 45.4 Å². The van der Waals surface area contributed by atoms with Crippen LogP contribution in [-0.4, -0.2) is 12.5 Å². The van der Waals surface area contributed by atoms with E-state index in [4.69, 9.17) is 0 Å². The van der Waals surface area contributed by atoms with Gasteiger partial charge in [0.2, 0.25) is 5.91 Å². The van der Waals surface area contributed by atoms with E-state index in [1.807, 2.05) is 0 Å². The van der Waals surface area contributed by atoms with Crippen molar-refractivity contribution in [2.75, 3.05) is 6.54 Å². The topological polar surface area (TPSA) is 29.1 Å². The first-order valence-corrected chi connectivity index (χ1v) is 5.58. The average molecular weight is 181 g/mol. The van der Waals surface area contributed by atoms with Crippen molar-refractivity contribution in [2.24, 2.45) is 11.3 Å². The molecule has 74 valence electrons. The fourth-order valence-electron chi connectivity index (χ4n) is 2.95. The van der Waals surface area contributed by atoms with Gasteiger partial charge in [-0.15, -0.1) is 0 Å². The minimum Gasteiger partial charge on any atom is -0.354 e. The van der Waals surface area contributed by atoms with Crippen LogP contribution in [0.5, 0.6) is 0 Å². The highest BCUT2D eigenvalue weighted by Crippen LogP contribution is 2.44. The van der Waals surface area contributed by atoms with Crippen molar-refractivity contribution in [3.63, 3.8) is 0 Å². The monoisotopic (exact) mass is 181 g/mol. The molecule has 1 aliphatic carbocycles. The lowest BCUT2D eigenvalue weighted by molar-refractivity contribution is -0.146. The Morgan fingerprint density at radius 3 is 2.46 bits per heavy atom. The van der Waals surface area contributed by atoms with Crippen molar-refractivity contribution < 1.29 is 4.79 Å². The molecule has 2 heteroatoms. The summed E-state index contributed by atoms with van der Waals surface area (Å²) in [7, 11) is 0. The van der Waals surface area contributed by atoms with Gasteiger partial charge in [0, 0.05) is 6.54 Å². The van der Waals surface area contributed by atoms with Gasteiger partial charge >= 0.3 is 0 Å². The molecule has 0 aromatic rings. The summed E-state index contributed by atoms with van der Waals surface area (Å²) in [5.41, 5.74) is 0.0421. The lowest BCUT2D eigenvalue weighted by atomic mass is 9.63. The molecule has 1 amide bonds. The molecular weight excluding hydrogens is 162 g/mol. The van der Waals surface area contributed by atoms with Gasteiger partial charge in [-0.1, -0.05) is 26.2 Å². The van der Waals surface area contributed by atoms with Gasteiger partial charge in [0.25, 0.3) is 0 Å². The maximum atomic E-state index is 11.6. The van der Waals surface area contributed by atoms with Crippen LogP contribution in [0.3, 0.4) is 0 Å². The molecule has 1 atom stereocenters. The molecular formula is C11H19NO. The molecule has 1 saturated carbocycles. The Balaban J connectivity index is 2.06. The largest absolute Gasteiger partial charge is 0.354 e. The number of hydrogen-bond acceptors (Lipinski definition) is 1. The van der Waals surface area contributed by atoms with Crippen LogP contribution in [0.15, 0.2) is 0 Å². The molecule has 2 aliphatic rings. The van der Waals surface area contributed by atoms with Crippen LogP contribution >= 0.6 is 0 Å². The van der Waals surface area contributed by atoms with Crippen LogP contribution < -0.4 is 5.32 Å². The molecule has 1 aliphatic heterocycles. The minimum absolute atomic E-state index is 0.0421. The minimum atomic E-state index is 0.0421. The van der Waals surface area contributed by atoms with Crippen molar-refractivity contribution in [3.05, 3.63) is 0 Å². The van der Waals surface area contributed by atoms with Gasteiger partial charge in [0.1, 0.15) is 0 Å². The summed E-state index contributed by atoms with van der Waals surface area (Å²) >= 11 is 0. The highest BCUT2D eigenvalue weighted by molar-refractivity contribution is 5.88. The summed E-state index contributed by atoms with van der Waals surface area (Å²) in [6, 6.07) is 0. The number of carbonyl (C=O) groups excluding carboxylic acids is 1. The quantitative estimate of drug-likeness (QED) is 0.649. The van der Waals surface area contributed by atoms with E-state index in [1.54, 1.807) is 0 Å². The molecule has 0 spiro atoms. The average Bonchev–Trinajstić information content (AvgIpc) is 2.19. The van der Waals surface area contributed by atoms with Crippen LogP contribution in [0.25, 0.3) is 0 Å². The molecule has 0 aromatic heterocycles. The third-order valence-electron chi connectivity index (χ3n) is 4.03. The number of amides is 1. The third-order valence-corrected chi connectivity index (χ3v) is 4.03. The van der Waals surface area contributed by atoms with E-state index in [0.29, 0.717) is 11.8 Å². The van der Waals surface area contributed by atoms with Crippen molar-refractivity contribution in [1.29, 1.82) is 0 Å². The van der Waals surface area contributed by atoms with Gasteiger partial charge in [0.05, 0.1) is 5.41 Å². The lowest BCUT2D eigenvalue weighted by Crippen LogP contribution is -2.62. The first kappa shape index (κ1) is 9.04. The smallest absolute Gasteiger partial charge is 0.228 e. The Hall–Kier alpha value is -0.530.